The minimum Gasteiger partial charge on any atom is -0.462 e. The van der Waals surface area contributed by atoms with E-state index in [-0.39, 0.29) is 12.8 Å². The van der Waals surface area contributed by atoms with E-state index in [0.29, 0.717) is 12.8 Å². The van der Waals surface area contributed by atoms with Crippen molar-refractivity contribution in [2.24, 2.45) is 0 Å². The summed E-state index contributed by atoms with van der Waals surface area (Å²) in [4.78, 5) is 35.6. The van der Waals surface area contributed by atoms with Crippen LogP contribution >= 0.6 is 7.82 Å². The maximum atomic E-state index is 12.8. The number of esters is 2. The number of aliphatic hydroxyl groups is 5. The number of unbranched alkanes of at least 4 members (excludes halogenated alkanes) is 16. The van der Waals surface area contributed by atoms with Gasteiger partial charge in [-0.2, -0.15) is 0 Å². The molecule has 8 atom stereocenters. The lowest BCUT2D eigenvalue weighted by Crippen LogP contribution is -2.64. The van der Waals surface area contributed by atoms with Gasteiger partial charge >= 0.3 is 19.8 Å². The first-order valence-corrected chi connectivity index (χ1v) is 23.9. The van der Waals surface area contributed by atoms with Crippen molar-refractivity contribution in [2.75, 3.05) is 13.2 Å². The Labute approximate surface area is 354 Å². The van der Waals surface area contributed by atoms with Crippen LogP contribution in [-0.2, 0) is 32.7 Å². The first kappa shape index (κ1) is 54.8. The molecule has 0 bridgehead atoms. The van der Waals surface area contributed by atoms with Gasteiger partial charge in [0.1, 0.15) is 43.2 Å². The van der Waals surface area contributed by atoms with Crippen LogP contribution in [0.2, 0.25) is 0 Å². The first-order chi connectivity index (χ1) is 28.4. The van der Waals surface area contributed by atoms with Crippen molar-refractivity contribution >= 4 is 19.8 Å². The average molecular weight is 859 g/mol. The Morgan fingerprint density at radius 3 is 1.47 bits per heavy atom. The highest BCUT2D eigenvalue weighted by atomic mass is 31.2. The molecule has 6 unspecified atom stereocenters. The van der Waals surface area contributed by atoms with E-state index in [4.69, 9.17) is 18.5 Å². The van der Waals surface area contributed by atoms with Gasteiger partial charge in [-0.3, -0.25) is 18.6 Å². The smallest absolute Gasteiger partial charge is 0.462 e. The largest absolute Gasteiger partial charge is 0.472 e. The van der Waals surface area contributed by atoms with Crippen molar-refractivity contribution in [2.45, 2.75) is 211 Å². The lowest BCUT2D eigenvalue weighted by molar-refractivity contribution is -0.220. The van der Waals surface area contributed by atoms with Crippen molar-refractivity contribution < 1.29 is 63.1 Å². The van der Waals surface area contributed by atoms with Gasteiger partial charge < -0.3 is 39.9 Å². The summed E-state index contributed by atoms with van der Waals surface area (Å²) in [5, 5.41) is 50.1. The lowest BCUT2D eigenvalue weighted by atomic mass is 9.85. The fraction of sp³-hybridized carbons (Fsp3) is 0.778. The maximum Gasteiger partial charge on any atom is 0.472 e. The Kier molecular flexibility index (Phi) is 32.9. The molecule has 0 amide bonds. The Balaban J connectivity index is 2.52. The third-order valence-corrected chi connectivity index (χ3v) is 11.1. The van der Waals surface area contributed by atoms with Crippen LogP contribution in [0.25, 0.3) is 0 Å². The summed E-state index contributed by atoms with van der Waals surface area (Å²) < 4.78 is 33.4. The van der Waals surface area contributed by atoms with Crippen molar-refractivity contribution in [3.05, 3.63) is 48.6 Å². The van der Waals surface area contributed by atoms with Crippen molar-refractivity contribution in [1.82, 2.24) is 0 Å². The summed E-state index contributed by atoms with van der Waals surface area (Å²) in [6, 6.07) is 0. The van der Waals surface area contributed by atoms with Crippen LogP contribution in [0.3, 0.4) is 0 Å². The molecule has 0 heterocycles. The highest BCUT2D eigenvalue weighted by Gasteiger charge is 2.51. The monoisotopic (exact) mass is 859 g/mol. The van der Waals surface area contributed by atoms with Crippen molar-refractivity contribution in [1.29, 1.82) is 0 Å². The molecule has 0 aromatic carbocycles. The molecule has 59 heavy (non-hydrogen) atoms. The number of ether oxygens (including phenoxy) is 2. The van der Waals surface area contributed by atoms with Gasteiger partial charge in [0, 0.05) is 12.8 Å². The molecule has 14 heteroatoms. The molecule has 0 radical (unpaired) electrons. The molecule has 1 fully saturated rings. The van der Waals surface area contributed by atoms with E-state index in [1.54, 1.807) is 0 Å². The van der Waals surface area contributed by atoms with Crippen LogP contribution in [0.1, 0.15) is 168 Å². The SMILES string of the molecule is CCCCC/C=C/C/C=C/C/C=C/CCCCC(=O)O[C@H](COC(=O)CCCCC/C=C/CCCCCCCCCC)COP(=O)(O)OC1C(O)C(O)C(O)[C@@H](O)C1O. The van der Waals surface area contributed by atoms with Gasteiger partial charge in [-0.25, -0.2) is 4.57 Å². The van der Waals surface area contributed by atoms with Crippen LogP contribution in [-0.4, -0.2) is 98.3 Å². The predicted octanol–water partition coefficient (Wildman–Crippen LogP) is 8.39. The fourth-order valence-corrected chi connectivity index (χ4v) is 7.44. The van der Waals surface area contributed by atoms with Gasteiger partial charge in [0.2, 0.25) is 0 Å². The summed E-state index contributed by atoms with van der Waals surface area (Å²) in [6.07, 6.45) is 27.4. The van der Waals surface area contributed by atoms with Crippen LogP contribution in [0.5, 0.6) is 0 Å². The molecule has 13 nitrogen and oxygen atoms in total. The number of rotatable bonds is 36. The number of phosphoric acid groups is 1. The molecular weight excluding hydrogens is 779 g/mol. The molecule has 0 aromatic rings. The zero-order valence-corrected chi connectivity index (χ0v) is 36.9. The Hall–Kier alpha value is -2.19. The first-order valence-electron chi connectivity index (χ1n) is 22.4. The molecule has 1 aliphatic rings. The van der Waals surface area contributed by atoms with Crippen LogP contribution in [0.15, 0.2) is 48.6 Å². The normalized spacial score (nSPS) is 22.8. The summed E-state index contributed by atoms with van der Waals surface area (Å²) in [5.41, 5.74) is 0. The van der Waals surface area contributed by atoms with Gasteiger partial charge in [0.15, 0.2) is 6.10 Å². The molecule has 342 valence electrons. The van der Waals surface area contributed by atoms with Crippen molar-refractivity contribution in [3.8, 4) is 0 Å². The second-order valence-electron chi connectivity index (χ2n) is 15.5. The Morgan fingerprint density at radius 2 is 0.915 bits per heavy atom. The van der Waals surface area contributed by atoms with Crippen molar-refractivity contribution in [3.63, 3.8) is 0 Å². The molecule has 0 aliphatic heterocycles. The molecule has 1 rings (SSSR count). The highest BCUT2D eigenvalue weighted by Crippen LogP contribution is 2.47. The van der Waals surface area contributed by atoms with Gasteiger partial charge in [-0.05, 0) is 77.0 Å². The van der Waals surface area contributed by atoms with Crippen LogP contribution in [0, 0.1) is 0 Å². The zero-order chi connectivity index (χ0) is 43.6. The van der Waals surface area contributed by atoms with E-state index < -0.39 is 75.7 Å². The Bertz CT molecular complexity index is 1220. The zero-order valence-electron chi connectivity index (χ0n) is 36.0. The molecule has 0 spiro atoms. The number of hydrogen-bond donors (Lipinski definition) is 6. The number of hydrogen-bond acceptors (Lipinski definition) is 12. The summed E-state index contributed by atoms with van der Waals surface area (Å²) in [5.74, 6) is -1.16. The summed E-state index contributed by atoms with van der Waals surface area (Å²) >= 11 is 0. The van der Waals surface area contributed by atoms with Gasteiger partial charge in [-0.15, -0.1) is 0 Å². The minimum absolute atomic E-state index is 0.0438. The van der Waals surface area contributed by atoms with E-state index in [1.807, 2.05) is 0 Å². The third kappa shape index (κ3) is 28.1. The molecule has 0 aromatic heterocycles. The number of allylic oxidation sites excluding steroid dienone is 8. The number of aliphatic hydroxyl groups excluding tert-OH is 5. The standard InChI is InChI=1S/C45H79O13P/c1-3-5-7-9-11-13-15-17-19-21-23-25-27-29-31-33-38(46)55-35-37(36-56-59(53,54)58-45-43(51)41(49)40(48)42(50)44(45)52)57-39(47)34-32-30-28-26-24-22-20-18-16-14-12-10-8-6-4-2/h12,14,18,20-21,23-24,26,37,40-45,48-52H,3-11,13,15-17,19,22,25,27-36H2,1-2H3,(H,53,54)/b14-12+,20-18+,23-21+,26-24+/t37-,40?,41-,42?,43?,44?,45?/m1/s1. The van der Waals surface area contributed by atoms with Gasteiger partial charge in [0.25, 0.3) is 0 Å². The van der Waals surface area contributed by atoms with E-state index >= 15 is 0 Å². The van der Waals surface area contributed by atoms with E-state index in [0.717, 1.165) is 57.8 Å². The quantitative estimate of drug-likeness (QED) is 0.0152. The fourth-order valence-electron chi connectivity index (χ4n) is 6.46. The molecule has 1 aliphatic carbocycles. The van der Waals surface area contributed by atoms with Crippen LogP contribution < -0.4 is 0 Å². The van der Waals surface area contributed by atoms with E-state index in [9.17, 15) is 44.6 Å². The molecule has 0 saturated heterocycles. The third-order valence-electron chi connectivity index (χ3n) is 10.1. The topological polar surface area (TPSA) is 210 Å². The molecular formula is C45H79O13P. The molecule has 1 saturated carbocycles. The molecule has 6 N–H and O–H groups in total. The summed E-state index contributed by atoms with van der Waals surface area (Å²) in [6.45, 7) is 3.21. The summed E-state index contributed by atoms with van der Waals surface area (Å²) in [7, 11) is -5.13. The lowest BCUT2D eigenvalue weighted by Gasteiger charge is -2.41. The highest BCUT2D eigenvalue weighted by molar-refractivity contribution is 7.47. The van der Waals surface area contributed by atoms with Crippen LogP contribution in [0.4, 0.5) is 0 Å². The second kappa shape index (κ2) is 35.4. The second-order valence-corrected chi connectivity index (χ2v) is 16.9. The average Bonchev–Trinajstić information content (AvgIpc) is 3.21. The van der Waals surface area contributed by atoms with Gasteiger partial charge in [-0.1, -0.05) is 127 Å². The van der Waals surface area contributed by atoms with E-state index in [1.165, 1.54) is 70.6 Å². The maximum absolute atomic E-state index is 12.8. The van der Waals surface area contributed by atoms with Gasteiger partial charge in [0.05, 0.1) is 6.61 Å². The predicted molar refractivity (Wildman–Crippen MR) is 230 cm³/mol. The Morgan fingerprint density at radius 1 is 0.525 bits per heavy atom. The van der Waals surface area contributed by atoms with E-state index in [2.05, 4.69) is 62.5 Å². The number of carbonyl (C=O) groups is 2. The number of phosphoric ester groups is 1. The number of carbonyl (C=O) groups excluding carboxylic acids is 2. The minimum atomic E-state index is -5.13.